The summed E-state index contributed by atoms with van der Waals surface area (Å²) in [5.41, 5.74) is 2.59. The van der Waals surface area contributed by atoms with E-state index in [1.165, 1.54) is 18.9 Å². The summed E-state index contributed by atoms with van der Waals surface area (Å²) in [5.74, 6) is -1.47. The highest BCUT2D eigenvalue weighted by atomic mass is 16.5. The Morgan fingerprint density at radius 1 is 1.21 bits per heavy atom. The number of esters is 2. The zero-order valence-corrected chi connectivity index (χ0v) is 13.2. The molecule has 0 saturated carbocycles. The van der Waals surface area contributed by atoms with Crippen LogP contribution < -0.4 is 0 Å². The molecule has 0 aliphatic carbocycles. The SMILES string of the molecule is COC(=O)c1nnn(CC2=COCc3ccccc32)c1C(=O)OC. The number of hydrogen-bond acceptors (Lipinski definition) is 7. The molecule has 0 unspecified atom stereocenters. The van der Waals surface area contributed by atoms with E-state index in [1.807, 2.05) is 24.3 Å². The molecule has 1 aromatic heterocycles. The van der Waals surface area contributed by atoms with Crippen molar-refractivity contribution in [1.82, 2.24) is 15.0 Å². The molecule has 0 bridgehead atoms. The quantitative estimate of drug-likeness (QED) is 0.783. The lowest BCUT2D eigenvalue weighted by molar-refractivity contribution is 0.0544. The fraction of sp³-hybridized carbons (Fsp3) is 0.250. The maximum Gasteiger partial charge on any atom is 0.361 e. The van der Waals surface area contributed by atoms with Crippen molar-refractivity contribution in [3.63, 3.8) is 0 Å². The van der Waals surface area contributed by atoms with E-state index in [1.54, 1.807) is 6.26 Å². The first-order chi connectivity index (χ1) is 11.7. The number of benzene rings is 1. The fourth-order valence-corrected chi connectivity index (χ4v) is 2.50. The maximum absolute atomic E-state index is 12.0. The van der Waals surface area contributed by atoms with Gasteiger partial charge in [0, 0.05) is 5.57 Å². The molecular weight excluding hydrogens is 314 g/mol. The van der Waals surface area contributed by atoms with E-state index in [0.29, 0.717) is 6.61 Å². The third-order valence-corrected chi connectivity index (χ3v) is 3.64. The van der Waals surface area contributed by atoms with Crippen molar-refractivity contribution in [2.75, 3.05) is 14.2 Å². The summed E-state index contributed by atoms with van der Waals surface area (Å²) >= 11 is 0. The number of methoxy groups -OCH3 is 2. The molecule has 1 aliphatic heterocycles. The Balaban J connectivity index is 1.99. The first-order valence-electron chi connectivity index (χ1n) is 7.14. The third kappa shape index (κ3) is 2.73. The van der Waals surface area contributed by atoms with Crippen LogP contribution in [0.1, 0.15) is 32.1 Å². The molecule has 24 heavy (non-hydrogen) atoms. The van der Waals surface area contributed by atoms with Crippen LogP contribution in [0.3, 0.4) is 0 Å². The lowest BCUT2D eigenvalue weighted by Gasteiger charge is -2.18. The number of aromatic nitrogens is 3. The fourth-order valence-electron chi connectivity index (χ4n) is 2.50. The molecule has 2 heterocycles. The van der Waals surface area contributed by atoms with Gasteiger partial charge in [-0.25, -0.2) is 14.3 Å². The molecule has 1 aliphatic rings. The molecular formula is C16H15N3O5. The molecule has 0 saturated heterocycles. The van der Waals surface area contributed by atoms with Gasteiger partial charge in [-0.3, -0.25) is 0 Å². The number of allylic oxidation sites excluding steroid dienone is 1. The molecule has 3 rings (SSSR count). The Morgan fingerprint density at radius 2 is 1.96 bits per heavy atom. The van der Waals surface area contributed by atoms with Crippen molar-refractivity contribution in [3.05, 3.63) is 53.0 Å². The van der Waals surface area contributed by atoms with Crippen LogP contribution in [-0.4, -0.2) is 41.2 Å². The number of fused-ring (bicyclic) bond motifs is 1. The second-order valence-electron chi connectivity index (χ2n) is 5.04. The largest absolute Gasteiger partial charge is 0.496 e. The summed E-state index contributed by atoms with van der Waals surface area (Å²) in [6.45, 7) is 0.680. The lowest BCUT2D eigenvalue weighted by Crippen LogP contribution is -2.18. The molecule has 0 atom stereocenters. The van der Waals surface area contributed by atoms with E-state index in [0.717, 1.165) is 16.7 Å². The highest BCUT2D eigenvalue weighted by Gasteiger charge is 2.28. The van der Waals surface area contributed by atoms with Gasteiger partial charge in [-0.15, -0.1) is 5.10 Å². The van der Waals surface area contributed by atoms with Crippen molar-refractivity contribution >= 4 is 17.5 Å². The number of nitrogens with zero attached hydrogens (tertiary/aromatic N) is 3. The minimum atomic E-state index is -0.754. The first-order valence-corrected chi connectivity index (χ1v) is 7.14. The van der Waals surface area contributed by atoms with Gasteiger partial charge in [0.05, 0.1) is 27.0 Å². The zero-order chi connectivity index (χ0) is 17.1. The number of ether oxygens (including phenoxy) is 3. The van der Waals surface area contributed by atoms with E-state index in [2.05, 4.69) is 15.0 Å². The predicted octanol–water partition coefficient (Wildman–Crippen LogP) is 1.42. The summed E-state index contributed by atoms with van der Waals surface area (Å²) in [4.78, 5) is 23.8. The topological polar surface area (TPSA) is 92.5 Å². The second kappa shape index (κ2) is 6.53. The summed E-state index contributed by atoms with van der Waals surface area (Å²) < 4.78 is 16.1. The van der Waals surface area contributed by atoms with Crippen LogP contribution in [0.2, 0.25) is 0 Å². The third-order valence-electron chi connectivity index (χ3n) is 3.64. The Bertz CT molecular complexity index is 825. The average molecular weight is 329 g/mol. The highest BCUT2D eigenvalue weighted by Crippen LogP contribution is 2.26. The molecule has 8 nitrogen and oxygen atoms in total. The van der Waals surface area contributed by atoms with Crippen LogP contribution >= 0.6 is 0 Å². The van der Waals surface area contributed by atoms with Crippen molar-refractivity contribution < 1.29 is 23.8 Å². The van der Waals surface area contributed by atoms with Crippen molar-refractivity contribution in [1.29, 1.82) is 0 Å². The van der Waals surface area contributed by atoms with E-state index in [4.69, 9.17) is 9.47 Å². The van der Waals surface area contributed by atoms with Crippen LogP contribution in [0, 0.1) is 0 Å². The van der Waals surface area contributed by atoms with Gasteiger partial charge in [0.25, 0.3) is 0 Å². The van der Waals surface area contributed by atoms with Gasteiger partial charge in [-0.2, -0.15) is 0 Å². The predicted molar refractivity (Wildman–Crippen MR) is 81.9 cm³/mol. The van der Waals surface area contributed by atoms with E-state index < -0.39 is 11.9 Å². The molecule has 124 valence electrons. The summed E-state index contributed by atoms with van der Waals surface area (Å²) in [6.07, 6.45) is 1.61. The lowest BCUT2D eigenvalue weighted by atomic mass is 9.99. The van der Waals surface area contributed by atoms with Crippen molar-refractivity contribution in [2.45, 2.75) is 13.2 Å². The van der Waals surface area contributed by atoms with Crippen LogP contribution in [0.5, 0.6) is 0 Å². The Labute approximate surface area is 137 Å². The number of carbonyl (C=O) groups excluding carboxylic acids is 2. The molecule has 0 radical (unpaired) electrons. The molecule has 2 aromatic rings. The summed E-state index contributed by atoms with van der Waals surface area (Å²) in [5, 5.41) is 7.64. The number of carbonyl (C=O) groups is 2. The normalized spacial score (nSPS) is 12.7. The van der Waals surface area contributed by atoms with Gasteiger partial charge in [-0.05, 0) is 11.1 Å². The van der Waals surface area contributed by atoms with E-state index in [-0.39, 0.29) is 17.9 Å². The molecule has 8 heteroatoms. The maximum atomic E-state index is 12.0. The van der Waals surface area contributed by atoms with E-state index >= 15 is 0 Å². The van der Waals surface area contributed by atoms with Gasteiger partial charge in [-0.1, -0.05) is 29.5 Å². The van der Waals surface area contributed by atoms with Crippen LogP contribution in [0.4, 0.5) is 0 Å². The van der Waals surface area contributed by atoms with Crippen molar-refractivity contribution in [3.8, 4) is 0 Å². The van der Waals surface area contributed by atoms with Crippen molar-refractivity contribution in [2.24, 2.45) is 0 Å². The summed E-state index contributed by atoms with van der Waals surface area (Å²) in [6, 6.07) is 7.76. The minimum absolute atomic E-state index is 0.0618. The minimum Gasteiger partial charge on any atom is -0.496 e. The molecule has 0 spiro atoms. The average Bonchev–Trinajstić information content (AvgIpc) is 3.04. The van der Waals surface area contributed by atoms with Gasteiger partial charge in [0.1, 0.15) is 6.61 Å². The van der Waals surface area contributed by atoms with Crippen LogP contribution in [0.15, 0.2) is 30.5 Å². The highest BCUT2D eigenvalue weighted by molar-refractivity contribution is 6.00. The number of rotatable bonds is 4. The van der Waals surface area contributed by atoms with Gasteiger partial charge in [0.15, 0.2) is 5.69 Å². The monoisotopic (exact) mass is 329 g/mol. The van der Waals surface area contributed by atoms with Crippen LogP contribution in [-0.2, 0) is 27.4 Å². The zero-order valence-electron chi connectivity index (χ0n) is 13.2. The molecule has 0 fully saturated rings. The van der Waals surface area contributed by atoms with Gasteiger partial charge < -0.3 is 14.2 Å². The Morgan fingerprint density at radius 3 is 2.71 bits per heavy atom. The summed E-state index contributed by atoms with van der Waals surface area (Å²) in [7, 11) is 2.43. The van der Waals surface area contributed by atoms with E-state index in [9.17, 15) is 9.59 Å². The van der Waals surface area contributed by atoms with Gasteiger partial charge >= 0.3 is 11.9 Å². The molecule has 1 aromatic carbocycles. The Kier molecular flexibility index (Phi) is 4.28. The first kappa shape index (κ1) is 15.7. The number of hydrogen-bond donors (Lipinski definition) is 0. The standard InChI is InChI=1S/C16H15N3O5/c1-22-15(20)13-14(16(21)23-2)19(18-17-13)7-11-9-24-8-10-5-3-4-6-12(10)11/h3-6,9H,7-8H2,1-2H3. The molecule has 0 amide bonds. The smallest absolute Gasteiger partial charge is 0.361 e. The second-order valence-corrected chi connectivity index (χ2v) is 5.04. The van der Waals surface area contributed by atoms with Crippen LogP contribution in [0.25, 0.3) is 5.57 Å². The van der Waals surface area contributed by atoms with Gasteiger partial charge in [0.2, 0.25) is 5.69 Å². The Hall–Kier alpha value is -3.16. The molecule has 0 N–H and O–H groups in total.